The van der Waals surface area contributed by atoms with Gasteiger partial charge in [-0.2, -0.15) is 0 Å². The van der Waals surface area contributed by atoms with Crippen LogP contribution in [0.25, 0.3) is 0 Å². The second-order valence-corrected chi connectivity index (χ2v) is 4.03. The summed E-state index contributed by atoms with van der Waals surface area (Å²) in [7, 11) is -1.16. The molecule has 1 aliphatic carbocycles. The molecule has 1 aromatic rings. The number of hydrogen-bond acceptors (Lipinski definition) is 2. The molecule has 2 atom stereocenters. The molecule has 1 fully saturated rings. The summed E-state index contributed by atoms with van der Waals surface area (Å²) in [6.07, 6.45) is 3.10. The Bertz CT molecular complexity index is 287. The zero-order chi connectivity index (χ0) is 9.97. The van der Waals surface area contributed by atoms with Gasteiger partial charge in [-0.15, -0.1) is 0 Å². The van der Waals surface area contributed by atoms with Gasteiger partial charge in [-0.25, -0.2) is 0 Å². The predicted molar refractivity (Wildman–Crippen MR) is 57.0 cm³/mol. The SMILES string of the molecule is OB(O)C1CCCC1c1ccccc1. The van der Waals surface area contributed by atoms with Crippen molar-refractivity contribution in [1.29, 1.82) is 0 Å². The quantitative estimate of drug-likeness (QED) is 0.698. The molecule has 0 saturated heterocycles. The summed E-state index contributed by atoms with van der Waals surface area (Å²) in [5, 5.41) is 18.5. The smallest absolute Gasteiger partial charge is 0.427 e. The first-order valence-electron chi connectivity index (χ1n) is 5.20. The highest BCUT2D eigenvalue weighted by atomic mass is 16.4. The van der Waals surface area contributed by atoms with Gasteiger partial charge < -0.3 is 10.0 Å². The van der Waals surface area contributed by atoms with Crippen molar-refractivity contribution in [3.63, 3.8) is 0 Å². The minimum absolute atomic E-state index is 0.0254. The molecular weight excluding hydrogens is 175 g/mol. The Hall–Kier alpha value is -0.795. The van der Waals surface area contributed by atoms with Crippen LogP contribution in [-0.2, 0) is 0 Å². The van der Waals surface area contributed by atoms with Gasteiger partial charge in [0.25, 0.3) is 0 Å². The van der Waals surface area contributed by atoms with Crippen LogP contribution >= 0.6 is 0 Å². The van der Waals surface area contributed by atoms with Crippen molar-refractivity contribution in [1.82, 2.24) is 0 Å². The van der Waals surface area contributed by atoms with E-state index < -0.39 is 7.12 Å². The summed E-state index contributed by atoms with van der Waals surface area (Å²) in [4.78, 5) is 0. The lowest BCUT2D eigenvalue weighted by atomic mass is 9.65. The van der Waals surface area contributed by atoms with Gasteiger partial charge in [-0.3, -0.25) is 0 Å². The first kappa shape index (κ1) is 9.75. The van der Waals surface area contributed by atoms with Crippen molar-refractivity contribution in [3.8, 4) is 0 Å². The summed E-state index contributed by atoms with van der Waals surface area (Å²) in [6.45, 7) is 0. The number of rotatable bonds is 2. The molecule has 2 rings (SSSR count). The molecule has 0 bridgehead atoms. The highest BCUT2D eigenvalue weighted by Crippen LogP contribution is 2.44. The number of hydrogen-bond donors (Lipinski definition) is 2. The van der Waals surface area contributed by atoms with Crippen LogP contribution in [0.5, 0.6) is 0 Å². The summed E-state index contributed by atoms with van der Waals surface area (Å²) in [5.74, 6) is 0.355. The maximum absolute atomic E-state index is 9.24. The largest absolute Gasteiger partial charge is 0.455 e. The number of benzene rings is 1. The Morgan fingerprint density at radius 3 is 2.43 bits per heavy atom. The molecule has 0 amide bonds. The van der Waals surface area contributed by atoms with Crippen LogP contribution in [0.3, 0.4) is 0 Å². The maximum atomic E-state index is 9.24. The van der Waals surface area contributed by atoms with Crippen LogP contribution in [0.15, 0.2) is 30.3 Å². The standard InChI is InChI=1S/C11H15BO2/c13-12(14)11-8-4-7-10(11)9-5-2-1-3-6-9/h1-3,5-6,10-11,13-14H,4,7-8H2. The van der Waals surface area contributed by atoms with Gasteiger partial charge in [-0.1, -0.05) is 43.2 Å². The van der Waals surface area contributed by atoms with E-state index in [1.165, 1.54) is 5.56 Å². The first-order chi connectivity index (χ1) is 6.79. The van der Waals surface area contributed by atoms with Crippen LogP contribution in [0, 0.1) is 0 Å². The van der Waals surface area contributed by atoms with Crippen LogP contribution in [0.4, 0.5) is 0 Å². The summed E-state index contributed by atoms with van der Waals surface area (Å²) < 4.78 is 0. The predicted octanol–water partition coefficient (Wildman–Crippen LogP) is 1.80. The molecule has 2 nitrogen and oxygen atoms in total. The molecule has 2 unspecified atom stereocenters. The van der Waals surface area contributed by atoms with Gasteiger partial charge in [0.15, 0.2) is 0 Å². The van der Waals surface area contributed by atoms with Crippen molar-refractivity contribution in [3.05, 3.63) is 35.9 Å². The van der Waals surface area contributed by atoms with Crippen LogP contribution < -0.4 is 0 Å². The van der Waals surface area contributed by atoms with E-state index in [1.54, 1.807) is 0 Å². The van der Waals surface area contributed by atoms with E-state index in [-0.39, 0.29) is 5.82 Å². The van der Waals surface area contributed by atoms with Gasteiger partial charge in [-0.05, 0) is 17.9 Å². The maximum Gasteiger partial charge on any atom is 0.455 e. The molecular formula is C11H15BO2. The second-order valence-electron chi connectivity index (χ2n) is 4.03. The minimum Gasteiger partial charge on any atom is -0.427 e. The van der Waals surface area contributed by atoms with Gasteiger partial charge in [0.2, 0.25) is 0 Å². The molecule has 74 valence electrons. The first-order valence-corrected chi connectivity index (χ1v) is 5.20. The van der Waals surface area contributed by atoms with Crippen molar-refractivity contribution in [2.45, 2.75) is 31.0 Å². The average molecular weight is 190 g/mol. The molecule has 2 N–H and O–H groups in total. The van der Waals surface area contributed by atoms with Crippen molar-refractivity contribution < 1.29 is 10.0 Å². The van der Waals surface area contributed by atoms with E-state index in [0.29, 0.717) is 5.92 Å². The molecule has 14 heavy (non-hydrogen) atoms. The molecule has 0 heterocycles. The van der Waals surface area contributed by atoms with E-state index in [9.17, 15) is 10.0 Å². The highest BCUT2D eigenvalue weighted by Gasteiger charge is 2.36. The van der Waals surface area contributed by atoms with E-state index in [2.05, 4.69) is 12.1 Å². The summed E-state index contributed by atoms with van der Waals surface area (Å²) >= 11 is 0. The fourth-order valence-electron chi connectivity index (χ4n) is 2.46. The second kappa shape index (κ2) is 4.15. The van der Waals surface area contributed by atoms with E-state index in [4.69, 9.17) is 0 Å². The molecule has 0 radical (unpaired) electrons. The molecule has 1 aliphatic rings. The van der Waals surface area contributed by atoms with Crippen LogP contribution in [0.1, 0.15) is 30.7 Å². The molecule has 0 aliphatic heterocycles. The highest BCUT2D eigenvalue weighted by molar-refractivity contribution is 6.43. The van der Waals surface area contributed by atoms with Crippen LogP contribution in [-0.4, -0.2) is 17.2 Å². The molecule has 3 heteroatoms. The Morgan fingerprint density at radius 1 is 1.07 bits per heavy atom. The average Bonchev–Trinajstić information content (AvgIpc) is 2.67. The lowest BCUT2D eigenvalue weighted by molar-refractivity contribution is 0.377. The van der Waals surface area contributed by atoms with E-state index in [0.717, 1.165) is 19.3 Å². The third-order valence-electron chi connectivity index (χ3n) is 3.18. The summed E-state index contributed by atoms with van der Waals surface area (Å²) in [6, 6.07) is 10.2. The lowest BCUT2D eigenvalue weighted by Gasteiger charge is -2.18. The lowest BCUT2D eigenvalue weighted by Crippen LogP contribution is -2.22. The van der Waals surface area contributed by atoms with Crippen molar-refractivity contribution in [2.75, 3.05) is 0 Å². The van der Waals surface area contributed by atoms with Crippen LogP contribution in [0.2, 0.25) is 5.82 Å². The topological polar surface area (TPSA) is 40.5 Å². The van der Waals surface area contributed by atoms with Gasteiger partial charge in [0.1, 0.15) is 0 Å². The fourth-order valence-corrected chi connectivity index (χ4v) is 2.46. The molecule has 0 aromatic heterocycles. The van der Waals surface area contributed by atoms with E-state index >= 15 is 0 Å². The van der Waals surface area contributed by atoms with Crippen molar-refractivity contribution in [2.24, 2.45) is 0 Å². The Morgan fingerprint density at radius 2 is 1.79 bits per heavy atom. The monoisotopic (exact) mass is 190 g/mol. The fraction of sp³-hybridized carbons (Fsp3) is 0.455. The Labute approximate surface area is 84.7 Å². The normalized spacial score (nSPS) is 26.4. The molecule has 0 spiro atoms. The third-order valence-corrected chi connectivity index (χ3v) is 3.18. The van der Waals surface area contributed by atoms with Gasteiger partial charge >= 0.3 is 7.12 Å². The third kappa shape index (κ3) is 1.84. The zero-order valence-electron chi connectivity index (χ0n) is 8.13. The van der Waals surface area contributed by atoms with Gasteiger partial charge in [0.05, 0.1) is 0 Å². The minimum atomic E-state index is -1.16. The molecule has 1 saturated carbocycles. The zero-order valence-corrected chi connectivity index (χ0v) is 8.13. The van der Waals surface area contributed by atoms with Crippen molar-refractivity contribution >= 4 is 7.12 Å². The summed E-state index contributed by atoms with van der Waals surface area (Å²) in [5.41, 5.74) is 1.24. The Kier molecular flexibility index (Phi) is 2.89. The van der Waals surface area contributed by atoms with E-state index in [1.807, 2.05) is 18.2 Å². The Balaban J connectivity index is 2.18. The van der Waals surface area contributed by atoms with Gasteiger partial charge in [0, 0.05) is 5.82 Å². The molecule has 1 aromatic carbocycles.